The van der Waals surface area contributed by atoms with E-state index in [1.807, 2.05) is 0 Å². The molecule has 0 aromatic heterocycles. The zero-order valence-corrected chi connectivity index (χ0v) is 8.63. The summed E-state index contributed by atoms with van der Waals surface area (Å²) in [4.78, 5) is 21.4. The van der Waals surface area contributed by atoms with Gasteiger partial charge in [0.05, 0.1) is 6.61 Å². The van der Waals surface area contributed by atoms with Crippen LogP contribution in [0.15, 0.2) is 30.3 Å². The van der Waals surface area contributed by atoms with Crippen molar-refractivity contribution < 1.29 is 19.4 Å². The molecule has 1 rings (SSSR count). The second kappa shape index (κ2) is 6.53. The van der Waals surface area contributed by atoms with Crippen molar-refractivity contribution >= 4 is 18.3 Å². The van der Waals surface area contributed by atoms with Crippen molar-refractivity contribution in [2.24, 2.45) is 0 Å². The van der Waals surface area contributed by atoms with Gasteiger partial charge in [-0.2, -0.15) is 0 Å². The Morgan fingerprint density at radius 1 is 1.25 bits per heavy atom. The highest BCUT2D eigenvalue weighted by molar-refractivity contribution is 5.87. The molecule has 1 aromatic carbocycles. The average Bonchev–Trinajstić information content (AvgIpc) is 2.34. The molecule has 0 aliphatic heterocycles. The third-order valence-electron chi connectivity index (χ3n) is 1.82. The van der Waals surface area contributed by atoms with E-state index in [9.17, 15) is 9.59 Å². The van der Waals surface area contributed by atoms with Crippen molar-refractivity contribution in [1.29, 1.82) is 0 Å². The first-order valence-electron chi connectivity index (χ1n) is 4.77. The van der Waals surface area contributed by atoms with Crippen LogP contribution in [-0.2, 0) is 9.53 Å². The van der Waals surface area contributed by atoms with Gasteiger partial charge in [0.1, 0.15) is 12.9 Å². The minimum atomic E-state index is -0.506. The first kappa shape index (κ1) is 12.1. The van der Waals surface area contributed by atoms with Crippen molar-refractivity contribution in [2.45, 2.75) is 0 Å². The highest BCUT2D eigenvalue weighted by atomic mass is 16.5. The van der Waals surface area contributed by atoms with Crippen LogP contribution in [0.2, 0.25) is 0 Å². The maximum Gasteiger partial charge on any atom is 0.330 e. The van der Waals surface area contributed by atoms with Crippen LogP contribution in [0, 0.1) is 0 Å². The number of ether oxygens (including phenoxy) is 1. The predicted molar refractivity (Wildman–Crippen MR) is 58.9 cm³/mol. The number of carbonyl (C=O) groups is 2. The van der Waals surface area contributed by atoms with Crippen LogP contribution >= 0.6 is 0 Å². The second-order valence-electron chi connectivity index (χ2n) is 3.01. The van der Waals surface area contributed by atoms with Crippen molar-refractivity contribution in [2.75, 3.05) is 13.2 Å². The maximum absolute atomic E-state index is 11.0. The molecule has 1 N–H and O–H groups in total. The quantitative estimate of drug-likeness (QED) is 0.457. The molecule has 0 spiro atoms. The lowest BCUT2D eigenvalue weighted by molar-refractivity contribution is -0.138. The number of aliphatic hydroxyl groups excluding tert-OH is 1. The first-order chi connectivity index (χ1) is 7.76. The van der Waals surface area contributed by atoms with Crippen LogP contribution in [0.3, 0.4) is 0 Å². The van der Waals surface area contributed by atoms with Crippen LogP contribution in [0.4, 0.5) is 0 Å². The Labute approximate surface area is 93.2 Å². The number of hydrogen-bond acceptors (Lipinski definition) is 4. The van der Waals surface area contributed by atoms with Crippen molar-refractivity contribution in [3.05, 3.63) is 41.5 Å². The maximum atomic E-state index is 11.0. The molecule has 0 unspecified atom stereocenters. The number of esters is 1. The molecule has 0 heterocycles. The number of hydrogen-bond donors (Lipinski definition) is 1. The minimum Gasteiger partial charge on any atom is -0.460 e. The Morgan fingerprint density at radius 2 is 1.88 bits per heavy atom. The topological polar surface area (TPSA) is 63.6 Å². The van der Waals surface area contributed by atoms with Crippen LogP contribution in [0.5, 0.6) is 0 Å². The molecule has 0 bridgehead atoms. The summed E-state index contributed by atoms with van der Waals surface area (Å²) in [6, 6.07) is 6.76. The molecule has 0 saturated carbocycles. The lowest BCUT2D eigenvalue weighted by Gasteiger charge is -1.97. The third-order valence-corrected chi connectivity index (χ3v) is 1.82. The van der Waals surface area contributed by atoms with Crippen molar-refractivity contribution in [1.82, 2.24) is 0 Å². The molecular formula is C12H12O4. The normalized spacial score (nSPS) is 10.3. The molecule has 0 amide bonds. The van der Waals surface area contributed by atoms with Crippen molar-refractivity contribution in [3.8, 4) is 0 Å². The fraction of sp³-hybridized carbons (Fsp3) is 0.167. The van der Waals surface area contributed by atoms with Gasteiger partial charge in [0.15, 0.2) is 0 Å². The van der Waals surface area contributed by atoms with Crippen LogP contribution in [0.25, 0.3) is 6.08 Å². The molecule has 0 saturated heterocycles. The summed E-state index contributed by atoms with van der Waals surface area (Å²) in [5.74, 6) is -0.506. The number of aliphatic hydroxyl groups is 1. The largest absolute Gasteiger partial charge is 0.460 e. The summed E-state index contributed by atoms with van der Waals surface area (Å²) < 4.78 is 4.63. The van der Waals surface area contributed by atoms with Gasteiger partial charge in [-0.15, -0.1) is 0 Å². The summed E-state index contributed by atoms with van der Waals surface area (Å²) in [5, 5.41) is 8.42. The number of rotatable bonds is 5. The molecule has 0 fully saturated rings. The molecule has 4 nitrogen and oxygen atoms in total. The van der Waals surface area contributed by atoms with Gasteiger partial charge in [-0.25, -0.2) is 4.79 Å². The van der Waals surface area contributed by atoms with E-state index in [-0.39, 0.29) is 13.2 Å². The Balaban J connectivity index is 2.55. The average molecular weight is 220 g/mol. The standard InChI is InChI=1S/C12H12O4/c13-7-8-16-12(15)6-5-10-1-3-11(9-14)4-2-10/h1-6,9,13H,7-8H2. The monoisotopic (exact) mass is 220 g/mol. The van der Waals surface area contributed by atoms with Gasteiger partial charge in [-0.3, -0.25) is 4.79 Å². The Bertz CT molecular complexity index is 379. The van der Waals surface area contributed by atoms with Crippen LogP contribution in [-0.4, -0.2) is 30.6 Å². The molecule has 0 atom stereocenters. The molecule has 0 radical (unpaired) electrons. The van der Waals surface area contributed by atoms with E-state index in [0.29, 0.717) is 5.56 Å². The van der Waals surface area contributed by atoms with E-state index in [2.05, 4.69) is 4.74 Å². The summed E-state index contributed by atoms with van der Waals surface area (Å²) in [6.07, 6.45) is 3.60. The number of aldehydes is 1. The summed E-state index contributed by atoms with van der Waals surface area (Å²) >= 11 is 0. The van der Waals surface area contributed by atoms with Crippen LogP contribution in [0.1, 0.15) is 15.9 Å². The SMILES string of the molecule is O=Cc1ccc(C=CC(=O)OCCO)cc1. The second-order valence-corrected chi connectivity index (χ2v) is 3.01. The zero-order chi connectivity index (χ0) is 11.8. The van der Waals surface area contributed by atoms with E-state index in [1.165, 1.54) is 6.08 Å². The van der Waals surface area contributed by atoms with Crippen LogP contribution < -0.4 is 0 Å². The Kier molecular flexibility index (Phi) is 4.95. The molecule has 0 aliphatic rings. The van der Waals surface area contributed by atoms with E-state index in [4.69, 9.17) is 5.11 Å². The highest BCUT2D eigenvalue weighted by Gasteiger charge is 1.95. The van der Waals surface area contributed by atoms with Crippen molar-refractivity contribution in [3.63, 3.8) is 0 Å². The number of benzene rings is 1. The Morgan fingerprint density at radius 3 is 2.44 bits per heavy atom. The summed E-state index contributed by atoms with van der Waals surface area (Å²) in [6.45, 7) is -0.194. The van der Waals surface area contributed by atoms with E-state index in [1.54, 1.807) is 30.3 Å². The van der Waals surface area contributed by atoms with E-state index >= 15 is 0 Å². The fourth-order valence-electron chi connectivity index (χ4n) is 1.04. The molecule has 0 aliphatic carbocycles. The minimum absolute atomic E-state index is 0.00669. The molecular weight excluding hydrogens is 208 g/mol. The molecule has 84 valence electrons. The number of carbonyl (C=O) groups excluding carboxylic acids is 2. The lowest BCUT2D eigenvalue weighted by Crippen LogP contribution is -2.04. The Hall–Kier alpha value is -1.94. The van der Waals surface area contributed by atoms with Gasteiger partial charge >= 0.3 is 5.97 Å². The van der Waals surface area contributed by atoms with Gasteiger partial charge in [0.2, 0.25) is 0 Å². The predicted octanol–water partition coefficient (Wildman–Crippen LogP) is 1.05. The summed E-state index contributed by atoms with van der Waals surface area (Å²) in [5.41, 5.74) is 1.38. The van der Waals surface area contributed by atoms with E-state index in [0.717, 1.165) is 11.8 Å². The summed E-state index contributed by atoms with van der Waals surface area (Å²) in [7, 11) is 0. The molecule has 1 aromatic rings. The van der Waals surface area contributed by atoms with Gasteiger partial charge in [0.25, 0.3) is 0 Å². The van der Waals surface area contributed by atoms with E-state index < -0.39 is 5.97 Å². The van der Waals surface area contributed by atoms with Gasteiger partial charge in [-0.1, -0.05) is 24.3 Å². The first-order valence-corrected chi connectivity index (χ1v) is 4.77. The van der Waals surface area contributed by atoms with Gasteiger partial charge in [0, 0.05) is 11.6 Å². The highest BCUT2D eigenvalue weighted by Crippen LogP contribution is 2.04. The van der Waals surface area contributed by atoms with Gasteiger partial charge < -0.3 is 9.84 Å². The third kappa shape index (κ3) is 4.06. The molecule has 16 heavy (non-hydrogen) atoms. The zero-order valence-electron chi connectivity index (χ0n) is 8.63. The van der Waals surface area contributed by atoms with Gasteiger partial charge in [-0.05, 0) is 11.6 Å². The fourth-order valence-corrected chi connectivity index (χ4v) is 1.04. The molecule has 4 heteroatoms. The smallest absolute Gasteiger partial charge is 0.330 e. The lowest BCUT2D eigenvalue weighted by atomic mass is 10.1.